The Kier molecular flexibility index (Phi) is 2.89. The molecule has 3 unspecified atom stereocenters. The summed E-state index contributed by atoms with van der Waals surface area (Å²) in [5.41, 5.74) is 6.17. The molecular weight excluding hydrogens is 162 g/mol. The van der Waals surface area contributed by atoms with Crippen molar-refractivity contribution in [2.75, 3.05) is 6.61 Å². The second-order valence-corrected chi connectivity index (χ2v) is 4.71. The fourth-order valence-electron chi connectivity index (χ4n) is 2.36. The Bertz CT molecular complexity index is 167. The monoisotopic (exact) mass is 183 g/mol. The van der Waals surface area contributed by atoms with Crippen LogP contribution in [0.4, 0.5) is 0 Å². The van der Waals surface area contributed by atoms with E-state index in [1.165, 1.54) is 32.1 Å². The Balaban J connectivity index is 1.71. The SMILES string of the molecule is CC1OCCC1C(N)CCC1CC1. The van der Waals surface area contributed by atoms with E-state index in [1.54, 1.807) is 0 Å². The van der Waals surface area contributed by atoms with Crippen molar-refractivity contribution >= 4 is 0 Å². The average molecular weight is 183 g/mol. The van der Waals surface area contributed by atoms with E-state index in [2.05, 4.69) is 6.92 Å². The van der Waals surface area contributed by atoms with Gasteiger partial charge < -0.3 is 10.5 Å². The lowest BCUT2D eigenvalue weighted by Gasteiger charge is -2.21. The quantitative estimate of drug-likeness (QED) is 0.722. The first-order valence-electron chi connectivity index (χ1n) is 5.64. The first-order chi connectivity index (χ1) is 6.27. The largest absolute Gasteiger partial charge is 0.378 e. The lowest BCUT2D eigenvalue weighted by atomic mass is 9.90. The summed E-state index contributed by atoms with van der Waals surface area (Å²) in [6.07, 6.45) is 7.03. The van der Waals surface area contributed by atoms with Crippen LogP contribution in [0.5, 0.6) is 0 Å². The highest BCUT2D eigenvalue weighted by Crippen LogP contribution is 2.35. The molecule has 0 aromatic carbocycles. The minimum Gasteiger partial charge on any atom is -0.378 e. The van der Waals surface area contributed by atoms with Gasteiger partial charge in [0, 0.05) is 18.6 Å². The lowest BCUT2D eigenvalue weighted by Crippen LogP contribution is -2.34. The van der Waals surface area contributed by atoms with E-state index in [0.29, 0.717) is 18.1 Å². The molecule has 2 heteroatoms. The third-order valence-electron chi connectivity index (χ3n) is 3.59. The van der Waals surface area contributed by atoms with Crippen molar-refractivity contribution in [3.8, 4) is 0 Å². The van der Waals surface area contributed by atoms with Crippen LogP contribution in [0.1, 0.15) is 39.0 Å². The maximum absolute atomic E-state index is 6.17. The molecule has 2 nitrogen and oxygen atoms in total. The number of hydrogen-bond acceptors (Lipinski definition) is 2. The molecule has 1 saturated heterocycles. The standard InChI is InChI=1S/C11H21NO/c1-8-10(6-7-13-8)11(12)5-4-9-2-3-9/h8-11H,2-7,12H2,1H3. The van der Waals surface area contributed by atoms with Gasteiger partial charge in [-0.15, -0.1) is 0 Å². The smallest absolute Gasteiger partial charge is 0.0590 e. The Morgan fingerprint density at radius 2 is 2.15 bits per heavy atom. The first kappa shape index (κ1) is 9.47. The predicted molar refractivity (Wildman–Crippen MR) is 53.5 cm³/mol. The molecule has 3 atom stereocenters. The van der Waals surface area contributed by atoms with Gasteiger partial charge in [-0.3, -0.25) is 0 Å². The van der Waals surface area contributed by atoms with E-state index in [-0.39, 0.29) is 0 Å². The van der Waals surface area contributed by atoms with Crippen LogP contribution in [0, 0.1) is 11.8 Å². The highest BCUT2D eigenvalue weighted by atomic mass is 16.5. The molecule has 1 saturated carbocycles. The molecule has 2 N–H and O–H groups in total. The second kappa shape index (κ2) is 3.97. The second-order valence-electron chi connectivity index (χ2n) is 4.71. The highest BCUT2D eigenvalue weighted by Gasteiger charge is 2.31. The summed E-state index contributed by atoms with van der Waals surface area (Å²) in [7, 11) is 0. The van der Waals surface area contributed by atoms with Gasteiger partial charge in [0.1, 0.15) is 0 Å². The molecule has 1 heterocycles. The Labute approximate surface area is 80.8 Å². The number of nitrogens with two attached hydrogens (primary N) is 1. The minimum atomic E-state index is 0.387. The fraction of sp³-hybridized carbons (Fsp3) is 1.00. The van der Waals surface area contributed by atoms with Crippen molar-refractivity contribution in [3.05, 3.63) is 0 Å². The van der Waals surface area contributed by atoms with E-state index in [4.69, 9.17) is 10.5 Å². The van der Waals surface area contributed by atoms with Gasteiger partial charge in [0.15, 0.2) is 0 Å². The summed E-state index contributed by atoms with van der Waals surface area (Å²) in [4.78, 5) is 0. The molecule has 0 aromatic rings. The summed E-state index contributed by atoms with van der Waals surface area (Å²) >= 11 is 0. The number of rotatable bonds is 4. The molecule has 0 spiro atoms. The molecule has 0 bridgehead atoms. The first-order valence-corrected chi connectivity index (χ1v) is 5.64. The molecule has 76 valence electrons. The molecule has 13 heavy (non-hydrogen) atoms. The Hall–Kier alpha value is -0.0800. The van der Waals surface area contributed by atoms with Crippen molar-refractivity contribution in [2.24, 2.45) is 17.6 Å². The van der Waals surface area contributed by atoms with Crippen molar-refractivity contribution in [1.82, 2.24) is 0 Å². The molecule has 0 amide bonds. The molecule has 2 aliphatic rings. The van der Waals surface area contributed by atoms with Crippen LogP contribution >= 0.6 is 0 Å². The maximum Gasteiger partial charge on any atom is 0.0590 e. The number of hydrogen-bond donors (Lipinski definition) is 1. The van der Waals surface area contributed by atoms with Crippen molar-refractivity contribution in [1.29, 1.82) is 0 Å². The summed E-state index contributed by atoms with van der Waals surface area (Å²) in [5.74, 6) is 1.64. The molecule has 0 radical (unpaired) electrons. The van der Waals surface area contributed by atoms with Gasteiger partial charge >= 0.3 is 0 Å². The zero-order chi connectivity index (χ0) is 9.26. The van der Waals surface area contributed by atoms with Gasteiger partial charge in [-0.05, 0) is 32.1 Å². The average Bonchev–Trinajstić information content (AvgIpc) is 2.84. The normalized spacial score (nSPS) is 36.5. The van der Waals surface area contributed by atoms with E-state index in [1.807, 2.05) is 0 Å². The van der Waals surface area contributed by atoms with Crippen molar-refractivity contribution in [3.63, 3.8) is 0 Å². The van der Waals surface area contributed by atoms with E-state index in [9.17, 15) is 0 Å². The van der Waals surface area contributed by atoms with Gasteiger partial charge in [0.05, 0.1) is 6.10 Å². The van der Waals surface area contributed by atoms with Crippen LogP contribution < -0.4 is 5.73 Å². The molecule has 0 aromatic heterocycles. The van der Waals surface area contributed by atoms with Crippen LogP contribution in [0.25, 0.3) is 0 Å². The fourth-order valence-corrected chi connectivity index (χ4v) is 2.36. The van der Waals surface area contributed by atoms with Gasteiger partial charge in [0.25, 0.3) is 0 Å². The maximum atomic E-state index is 6.17. The topological polar surface area (TPSA) is 35.2 Å². The Morgan fingerprint density at radius 1 is 1.38 bits per heavy atom. The van der Waals surface area contributed by atoms with Gasteiger partial charge in [-0.25, -0.2) is 0 Å². The third-order valence-corrected chi connectivity index (χ3v) is 3.59. The minimum absolute atomic E-state index is 0.387. The Morgan fingerprint density at radius 3 is 2.69 bits per heavy atom. The molecule has 1 aliphatic carbocycles. The molecule has 2 rings (SSSR count). The summed E-state index contributed by atoms with van der Waals surface area (Å²) in [5, 5.41) is 0. The highest BCUT2D eigenvalue weighted by molar-refractivity contribution is 4.84. The van der Waals surface area contributed by atoms with Crippen molar-refractivity contribution < 1.29 is 4.74 Å². The van der Waals surface area contributed by atoms with Crippen molar-refractivity contribution in [2.45, 2.75) is 51.2 Å². The van der Waals surface area contributed by atoms with E-state index >= 15 is 0 Å². The van der Waals surface area contributed by atoms with Crippen LogP contribution in [0.3, 0.4) is 0 Å². The predicted octanol–water partition coefficient (Wildman–Crippen LogP) is 1.93. The van der Waals surface area contributed by atoms with Gasteiger partial charge in [-0.2, -0.15) is 0 Å². The van der Waals surface area contributed by atoms with Gasteiger partial charge in [-0.1, -0.05) is 12.8 Å². The lowest BCUT2D eigenvalue weighted by molar-refractivity contribution is 0.0983. The van der Waals surface area contributed by atoms with Crippen LogP contribution in [-0.4, -0.2) is 18.8 Å². The summed E-state index contributed by atoms with van der Waals surface area (Å²) in [6, 6.07) is 0.387. The summed E-state index contributed by atoms with van der Waals surface area (Å²) in [6.45, 7) is 3.08. The molecular formula is C11H21NO. The summed E-state index contributed by atoms with van der Waals surface area (Å²) < 4.78 is 5.53. The number of ether oxygens (including phenoxy) is 1. The van der Waals surface area contributed by atoms with E-state index in [0.717, 1.165) is 12.5 Å². The van der Waals surface area contributed by atoms with Crippen LogP contribution in [0.2, 0.25) is 0 Å². The van der Waals surface area contributed by atoms with Gasteiger partial charge in [0.2, 0.25) is 0 Å². The zero-order valence-corrected chi connectivity index (χ0v) is 8.54. The molecule has 2 fully saturated rings. The zero-order valence-electron chi connectivity index (χ0n) is 8.54. The molecule has 1 aliphatic heterocycles. The van der Waals surface area contributed by atoms with E-state index < -0.39 is 0 Å². The van der Waals surface area contributed by atoms with Crippen LogP contribution in [-0.2, 0) is 4.74 Å². The third kappa shape index (κ3) is 2.44. The van der Waals surface area contributed by atoms with Crippen LogP contribution in [0.15, 0.2) is 0 Å².